The molecule has 4 nitrogen and oxygen atoms in total. The Balaban J connectivity index is 2.11. The zero-order chi connectivity index (χ0) is 13.4. The second-order valence-corrected chi connectivity index (χ2v) is 4.80. The number of carbonyl (C=O) groups is 1. The lowest BCUT2D eigenvalue weighted by Gasteiger charge is -2.28. The van der Waals surface area contributed by atoms with Crippen LogP contribution >= 0.6 is 0 Å². The summed E-state index contributed by atoms with van der Waals surface area (Å²) in [5.41, 5.74) is 2.25. The fourth-order valence-electron chi connectivity index (χ4n) is 2.49. The number of carbonyl (C=O) groups excluding carboxylic acids is 1. The van der Waals surface area contributed by atoms with E-state index in [1.54, 1.807) is 0 Å². The third-order valence-electron chi connectivity index (χ3n) is 3.57. The Bertz CT molecular complexity index is 431. The number of nitrogens with zero attached hydrogens (tertiary/aromatic N) is 2. The maximum Gasteiger partial charge on any atom is 0.315 e. The van der Waals surface area contributed by atoms with Crippen molar-refractivity contribution in [1.29, 1.82) is 0 Å². The molecule has 2 rings (SSSR count). The van der Waals surface area contributed by atoms with Crippen molar-refractivity contribution in [1.82, 2.24) is 10.2 Å². The highest BCUT2D eigenvalue weighted by atomic mass is 19.3. The number of nitrogens with one attached hydrogen (secondary N) is 1. The lowest BCUT2D eigenvalue weighted by molar-refractivity contribution is -0.132. The molecule has 0 aromatic rings. The predicted molar refractivity (Wildman–Crippen MR) is 64.5 cm³/mol. The number of aliphatic imine (C=N–C) groups is 1. The van der Waals surface area contributed by atoms with Gasteiger partial charge >= 0.3 is 6.43 Å². The Labute approximate surface area is 105 Å². The molecule has 100 valence electrons. The SMILES string of the molecule is CC1=NC(C)C(C)=C2CC(NC(=O)C(F)F)CN12. The highest BCUT2D eigenvalue weighted by Gasteiger charge is 2.34. The first kappa shape index (κ1) is 13.0. The number of hydrogen-bond acceptors (Lipinski definition) is 3. The highest BCUT2D eigenvalue weighted by molar-refractivity contribution is 5.84. The van der Waals surface area contributed by atoms with Gasteiger partial charge in [-0.25, -0.2) is 0 Å². The van der Waals surface area contributed by atoms with E-state index in [0.717, 1.165) is 17.1 Å². The van der Waals surface area contributed by atoms with Gasteiger partial charge in [-0.3, -0.25) is 9.79 Å². The summed E-state index contributed by atoms with van der Waals surface area (Å²) in [6, 6.07) is -0.132. The van der Waals surface area contributed by atoms with Crippen molar-refractivity contribution < 1.29 is 13.6 Å². The number of alkyl halides is 2. The topological polar surface area (TPSA) is 44.7 Å². The van der Waals surface area contributed by atoms with Crippen LogP contribution in [0.1, 0.15) is 27.2 Å². The lowest BCUT2D eigenvalue weighted by atomic mass is 10.0. The van der Waals surface area contributed by atoms with Gasteiger partial charge in [0.25, 0.3) is 5.91 Å². The standard InChI is InChI=1S/C12H17F2N3O/c1-6-7(2)15-8(3)17-5-9(4-10(6)17)16-12(18)11(13)14/h7,9,11H,4-5H2,1-3H3,(H,16,18). The van der Waals surface area contributed by atoms with Crippen LogP contribution < -0.4 is 5.32 Å². The molecule has 0 bridgehead atoms. The Morgan fingerprint density at radius 2 is 2.17 bits per heavy atom. The second-order valence-electron chi connectivity index (χ2n) is 4.80. The Morgan fingerprint density at radius 1 is 1.50 bits per heavy atom. The molecule has 2 aliphatic heterocycles. The molecule has 0 aromatic heterocycles. The Morgan fingerprint density at radius 3 is 2.78 bits per heavy atom. The van der Waals surface area contributed by atoms with Crippen molar-refractivity contribution in [3.8, 4) is 0 Å². The summed E-state index contributed by atoms with van der Waals surface area (Å²) in [4.78, 5) is 17.5. The monoisotopic (exact) mass is 257 g/mol. The summed E-state index contributed by atoms with van der Waals surface area (Å²) in [6.07, 6.45) is -2.35. The van der Waals surface area contributed by atoms with Crippen molar-refractivity contribution in [2.45, 2.75) is 45.7 Å². The molecule has 0 radical (unpaired) electrons. The fourth-order valence-corrected chi connectivity index (χ4v) is 2.49. The van der Waals surface area contributed by atoms with Crippen LogP contribution in [-0.2, 0) is 4.79 Å². The van der Waals surface area contributed by atoms with Crippen molar-refractivity contribution in [2.24, 2.45) is 4.99 Å². The van der Waals surface area contributed by atoms with Gasteiger partial charge < -0.3 is 10.2 Å². The smallest absolute Gasteiger partial charge is 0.315 e. The van der Waals surface area contributed by atoms with E-state index in [0.29, 0.717) is 13.0 Å². The minimum absolute atomic E-state index is 0.126. The molecule has 1 amide bonds. The zero-order valence-electron chi connectivity index (χ0n) is 10.7. The molecule has 0 aliphatic carbocycles. The first-order valence-electron chi connectivity index (χ1n) is 6.00. The Hall–Kier alpha value is -1.46. The van der Waals surface area contributed by atoms with Crippen molar-refractivity contribution in [2.75, 3.05) is 6.54 Å². The van der Waals surface area contributed by atoms with Crippen LogP contribution in [0.25, 0.3) is 0 Å². The molecule has 1 saturated heterocycles. The molecule has 0 aromatic carbocycles. The summed E-state index contributed by atoms with van der Waals surface area (Å²) >= 11 is 0. The van der Waals surface area contributed by atoms with E-state index in [-0.39, 0.29) is 12.1 Å². The van der Waals surface area contributed by atoms with Gasteiger partial charge in [0.05, 0.1) is 12.1 Å². The second kappa shape index (κ2) is 4.66. The molecule has 18 heavy (non-hydrogen) atoms. The number of amidine groups is 1. The molecular weight excluding hydrogens is 240 g/mol. The number of rotatable bonds is 2. The van der Waals surface area contributed by atoms with E-state index in [2.05, 4.69) is 10.3 Å². The largest absolute Gasteiger partial charge is 0.346 e. The first-order valence-corrected chi connectivity index (χ1v) is 6.00. The van der Waals surface area contributed by atoms with Gasteiger partial charge in [0.15, 0.2) is 0 Å². The minimum Gasteiger partial charge on any atom is -0.346 e. The molecule has 2 unspecified atom stereocenters. The van der Waals surface area contributed by atoms with Gasteiger partial charge in [-0.1, -0.05) is 0 Å². The van der Waals surface area contributed by atoms with Crippen LogP contribution in [-0.4, -0.2) is 41.7 Å². The maximum absolute atomic E-state index is 12.2. The van der Waals surface area contributed by atoms with Crippen molar-refractivity contribution in [3.63, 3.8) is 0 Å². The fraction of sp³-hybridized carbons (Fsp3) is 0.667. The van der Waals surface area contributed by atoms with E-state index < -0.39 is 12.3 Å². The third kappa shape index (κ3) is 2.23. The maximum atomic E-state index is 12.2. The molecule has 6 heteroatoms. The highest BCUT2D eigenvalue weighted by Crippen LogP contribution is 2.31. The Kier molecular flexibility index (Phi) is 3.36. The van der Waals surface area contributed by atoms with E-state index in [1.807, 2.05) is 25.7 Å². The first-order chi connectivity index (χ1) is 8.40. The van der Waals surface area contributed by atoms with Crippen LogP contribution in [0, 0.1) is 0 Å². The van der Waals surface area contributed by atoms with Crippen molar-refractivity contribution >= 4 is 11.7 Å². The van der Waals surface area contributed by atoms with Crippen molar-refractivity contribution in [3.05, 3.63) is 11.3 Å². The average Bonchev–Trinajstić information content (AvgIpc) is 2.70. The summed E-state index contributed by atoms with van der Waals surface area (Å²) < 4.78 is 24.4. The molecule has 2 aliphatic rings. The van der Waals surface area contributed by atoms with Crippen LogP contribution in [0.4, 0.5) is 8.78 Å². The van der Waals surface area contributed by atoms with Gasteiger partial charge in [-0.15, -0.1) is 0 Å². The molecule has 1 fully saturated rings. The quantitative estimate of drug-likeness (QED) is 0.815. The van der Waals surface area contributed by atoms with Crippen LogP contribution in [0.15, 0.2) is 16.3 Å². The number of halogens is 2. The predicted octanol–water partition coefficient (Wildman–Crippen LogP) is 1.54. The summed E-state index contributed by atoms with van der Waals surface area (Å²) in [5, 5.41) is 2.37. The van der Waals surface area contributed by atoms with Gasteiger partial charge in [0.2, 0.25) is 0 Å². The third-order valence-corrected chi connectivity index (χ3v) is 3.57. The summed E-state index contributed by atoms with van der Waals surface area (Å²) in [6.45, 7) is 6.43. The molecule has 2 atom stereocenters. The van der Waals surface area contributed by atoms with Gasteiger partial charge in [-0.2, -0.15) is 8.78 Å². The lowest BCUT2D eigenvalue weighted by Crippen LogP contribution is -2.41. The van der Waals surface area contributed by atoms with E-state index in [9.17, 15) is 13.6 Å². The van der Waals surface area contributed by atoms with E-state index >= 15 is 0 Å². The normalized spacial score (nSPS) is 27.4. The summed E-state index contributed by atoms with van der Waals surface area (Å²) in [7, 11) is 0. The molecular formula is C12H17F2N3O. The molecule has 0 saturated carbocycles. The van der Waals surface area contributed by atoms with Crippen LogP contribution in [0.5, 0.6) is 0 Å². The minimum atomic E-state index is -2.95. The van der Waals surface area contributed by atoms with E-state index in [1.165, 1.54) is 0 Å². The number of amides is 1. The number of fused-ring (bicyclic) bond motifs is 1. The molecule has 1 N–H and O–H groups in total. The van der Waals surface area contributed by atoms with Crippen LogP contribution in [0.3, 0.4) is 0 Å². The molecule has 2 heterocycles. The average molecular weight is 257 g/mol. The number of hydrogen-bond donors (Lipinski definition) is 1. The molecule has 0 spiro atoms. The van der Waals surface area contributed by atoms with Gasteiger partial charge in [-0.05, 0) is 26.3 Å². The van der Waals surface area contributed by atoms with Gasteiger partial charge in [0.1, 0.15) is 5.84 Å². The van der Waals surface area contributed by atoms with Crippen LogP contribution in [0.2, 0.25) is 0 Å². The van der Waals surface area contributed by atoms with E-state index in [4.69, 9.17) is 0 Å². The van der Waals surface area contributed by atoms with Gasteiger partial charge in [0, 0.05) is 18.7 Å². The zero-order valence-corrected chi connectivity index (χ0v) is 10.7. The summed E-state index contributed by atoms with van der Waals surface area (Å²) in [5.74, 6) is -0.308.